The van der Waals surface area contributed by atoms with Crippen LogP contribution in [0, 0.1) is 13.8 Å². The third-order valence-electron chi connectivity index (χ3n) is 1.84. The van der Waals surface area contributed by atoms with Gasteiger partial charge in [-0.3, -0.25) is 0 Å². The van der Waals surface area contributed by atoms with E-state index in [1.54, 1.807) is 0 Å². The predicted molar refractivity (Wildman–Crippen MR) is 63.6 cm³/mol. The van der Waals surface area contributed by atoms with Crippen LogP contribution in [0.3, 0.4) is 0 Å². The Balaban J connectivity index is 2.24. The van der Waals surface area contributed by atoms with Crippen LogP contribution in [0.2, 0.25) is 0 Å². The fourth-order valence-electron chi connectivity index (χ4n) is 1.14. The van der Waals surface area contributed by atoms with E-state index in [1.807, 2.05) is 32.0 Å². The van der Waals surface area contributed by atoms with Gasteiger partial charge in [-0.15, -0.1) is 0 Å². The summed E-state index contributed by atoms with van der Waals surface area (Å²) in [6, 6.07) is 5.86. The molecule has 0 fully saturated rings. The highest BCUT2D eigenvalue weighted by Gasteiger charge is 2.05. The Morgan fingerprint density at radius 2 is 2.13 bits per heavy atom. The smallest absolute Gasteiger partial charge is 0.298 e. The normalized spacial score (nSPS) is 10.3. The van der Waals surface area contributed by atoms with E-state index in [0.717, 1.165) is 21.6 Å². The minimum Gasteiger partial charge on any atom is -0.430 e. The Bertz CT molecular complexity index is 484. The van der Waals surface area contributed by atoms with Crippen LogP contribution in [-0.2, 0) is 0 Å². The van der Waals surface area contributed by atoms with Gasteiger partial charge in [0.2, 0.25) is 0 Å². The summed E-state index contributed by atoms with van der Waals surface area (Å²) < 4.78 is 10.7. The maximum Gasteiger partial charge on any atom is 0.298 e. The second-order valence-electron chi connectivity index (χ2n) is 3.12. The van der Waals surface area contributed by atoms with Crippen molar-refractivity contribution in [2.45, 2.75) is 13.8 Å². The van der Waals surface area contributed by atoms with Gasteiger partial charge >= 0.3 is 0 Å². The molecule has 1 aromatic heterocycles. The van der Waals surface area contributed by atoms with Crippen molar-refractivity contribution in [1.29, 1.82) is 0 Å². The molecular weight excluding hydrogens is 276 g/mol. The topological polar surface area (TPSA) is 35.0 Å². The summed E-state index contributed by atoms with van der Waals surface area (Å²) >= 11 is 4.67. The first kappa shape index (κ1) is 10.6. The Morgan fingerprint density at radius 1 is 1.33 bits per heavy atom. The van der Waals surface area contributed by atoms with Crippen LogP contribution >= 0.6 is 27.5 Å². The van der Waals surface area contributed by atoms with E-state index in [4.69, 9.17) is 4.74 Å². The maximum atomic E-state index is 5.61. The summed E-state index contributed by atoms with van der Waals surface area (Å²) in [5.41, 5.74) is 1.07. The highest BCUT2D eigenvalue weighted by atomic mass is 79.9. The largest absolute Gasteiger partial charge is 0.430 e. The number of benzene rings is 1. The van der Waals surface area contributed by atoms with Gasteiger partial charge in [0, 0.05) is 16.0 Å². The Kier molecular flexibility index (Phi) is 3.02. The molecule has 3 nitrogen and oxygen atoms in total. The van der Waals surface area contributed by atoms with Gasteiger partial charge in [-0.1, -0.05) is 15.9 Å². The number of halogens is 1. The lowest BCUT2D eigenvalue weighted by atomic mass is 10.2. The molecule has 0 aliphatic heterocycles. The average Bonchev–Trinajstić information content (AvgIpc) is 2.56. The van der Waals surface area contributed by atoms with Crippen LogP contribution < -0.4 is 4.74 Å². The molecule has 2 rings (SSSR count). The van der Waals surface area contributed by atoms with E-state index in [2.05, 4.69) is 25.3 Å². The molecule has 0 spiro atoms. The van der Waals surface area contributed by atoms with Gasteiger partial charge in [0.05, 0.1) is 0 Å². The maximum absolute atomic E-state index is 5.61. The van der Waals surface area contributed by atoms with Crippen LogP contribution in [0.15, 0.2) is 22.7 Å². The highest BCUT2D eigenvalue weighted by molar-refractivity contribution is 9.10. The first-order chi connectivity index (χ1) is 7.15. The van der Waals surface area contributed by atoms with Crippen molar-refractivity contribution in [3.63, 3.8) is 0 Å². The molecular formula is C10H9BrN2OS. The third-order valence-corrected chi connectivity index (χ3v) is 3.02. The molecule has 0 saturated heterocycles. The van der Waals surface area contributed by atoms with Crippen LogP contribution in [0.1, 0.15) is 11.4 Å². The SMILES string of the molecule is Cc1nsc(Oc2ccc(Br)cc2C)n1. The van der Waals surface area contributed by atoms with Crippen molar-refractivity contribution < 1.29 is 4.74 Å². The van der Waals surface area contributed by atoms with E-state index in [-0.39, 0.29) is 0 Å². The molecule has 0 saturated carbocycles. The molecule has 0 amide bonds. The minimum atomic E-state index is 0.581. The summed E-state index contributed by atoms with van der Waals surface area (Å²) in [5.74, 6) is 1.55. The van der Waals surface area contributed by atoms with Gasteiger partial charge in [0.25, 0.3) is 5.19 Å². The summed E-state index contributed by atoms with van der Waals surface area (Å²) in [6.07, 6.45) is 0. The van der Waals surface area contributed by atoms with Gasteiger partial charge < -0.3 is 4.74 Å². The summed E-state index contributed by atoms with van der Waals surface area (Å²) in [6.45, 7) is 3.84. The van der Waals surface area contributed by atoms with Crippen molar-refractivity contribution in [1.82, 2.24) is 9.36 Å². The summed E-state index contributed by atoms with van der Waals surface area (Å²) in [5, 5.41) is 0.581. The van der Waals surface area contributed by atoms with Gasteiger partial charge in [0.15, 0.2) is 0 Å². The van der Waals surface area contributed by atoms with Gasteiger partial charge in [0.1, 0.15) is 11.6 Å². The molecule has 78 valence electrons. The molecule has 0 aliphatic carbocycles. The number of hydrogen-bond acceptors (Lipinski definition) is 4. The third kappa shape index (κ3) is 2.54. The van der Waals surface area contributed by atoms with Crippen LogP contribution in [-0.4, -0.2) is 9.36 Å². The molecule has 5 heteroatoms. The zero-order chi connectivity index (χ0) is 10.8. The predicted octanol–water partition coefficient (Wildman–Crippen LogP) is 3.71. The number of nitrogens with zero attached hydrogens (tertiary/aromatic N) is 2. The molecule has 2 aromatic rings. The van der Waals surface area contributed by atoms with Crippen LogP contribution in [0.25, 0.3) is 0 Å². The molecule has 1 heterocycles. The lowest BCUT2D eigenvalue weighted by molar-refractivity contribution is 0.474. The van der Waals surface area contributed by atoms with Crippen molar-refractivity contribution in [2.75, 3.05) is 0 Å². The molecule has 0 bridgehead atoms. The molecule has 0 atom stereocenters. The number of rotatable bonds is 2. The summed E-state index contributed by atoms with van der Waals surface area (Å²) in [4.78, 5) is 4.14. The molecule has 0 radical (unpaired) electrons. The fraction of sp³-hybridized carbons (Fsp3) is 0.200. The van der Waals surface area contributed by atoms with Gasteiger partial charge in [-0.2, -0.15) is 9.36 Å². The quantitative estimate of drug-likeness (QED) is 0.843. The minimum absolute atomic E-state index is 0.581. The van der Waals surface area contributed by atoms with E-state index in [0.29, 0.717) is 5.19 Å². The second kappa shape index (κ2) is 4.28. The van der Waals surface area contributed by atoms with E-state index in [9.17, 15) is 0 Å². The van der Waals surface area contributed by atoms with Crippen molar-refractivity contribution in [3.8, 4) is 10.9 Å². The standard InChI is InChI=1S/C10H9BrN2OS/c1-6-5-8(11)3-4-9(6)14-10-12-7(2)13-15-10/h3-5H,1-2H3. The fourth-order valence-corrected chi connectivity index (χ4v) is 2.17. The van der Waals surface area contributed by atoms with Crippen LogP contribution in [0.4, 0.5) is 0 Å². The molecule has 0 N–H and O–H groups in total. The lowest BCUT2D eigenvalue weighted by Crippen LogP contribution is -1.86. The van der Waals surface area contributed by atoms with Gasteiger partial charge in [-0.25, -0.2) is 0 Å². The first-order valence-electron chi connectivity index (χ1n) is 4.39. The first-order valence-corrected chi connectivity index (χ1v) is 5.96. The Labute approximate surface area is 100 Å². The average molecular weight is 285 g/mol. The number of ether oxygens (including phenoxy) is 1. The Hall–Kier alpha value is -0.940. The molecule has 0 unspecified atom stereocenters. The van der Waals surface area contributed by atoms with E-state index in [1.165, 1.54) is 11.5 Å². The molecule has 15 heavy (non-hydrogen) atoms. The molecule has 1 aromatic carbocycles. The van der Waals surface area contributed by atoms with Crippen molar-refractivity contribution in [3.05, 3.63) is 34.1 Å². The van der Waals surface area contributed by atoms with Crippen molar-refractivity contribution in [2.24, 2.45) is 0 Å². The number of aryl methyl sites for hydroxylation is 2. The van der Waals surface area contributed by atoms with E-state index >= 15 is 0 Å². The lowest BCUT2D eigenvalue weighted by Gasteiger charge is -2.04. The number of hydrogen-bond donors (Lipinski definition) is 0. The monoisotopic (exact) mass is 284 g/mol. The Morgan fingerprint density at radius 3 is 2.73 bits per heavy atom. The zero-order valence-electron chi connectivity index (χ0n) is 8.32. The van der Waals surface area contributed by atoms with Crippen LogP contribution in [0.5, 0.6) is 10.9 Å². The highest BCUT2D eigenvalue weighted by Crippen LogP contribution is 2.28. The zero-order valence-corrected chi connectivity index (χ0v) is 10.7. The van der Waals surface area contributed by atoms with Crippen molar-refractivity contribution >= 4 is 27.5 Å². The van der Waals surface area contributed by atoms with Gasteiger partial charge in [-0.05, 0) is 37.6 Å². The second-order valence-corrected chi connectivity index (χ2v) is 4.75. The van der Waals surface area contributed by atoms with E-state index < -0.39 is 0 Å². The molecule has 0 aliphatic rings. The summed E-state index contributed by atoms with van der Waals surface area (Å²) in [7, 11) is 0. The number of aromatic nitrogens is 2.